The van der Waals surface area contributed by atoms with Crippen LogP contribution >= 0.6 is 0 Å². The van der Waals surface area contributed by atoms with Gasteiger partial charge in [0, 0.05) is 37.5 Å². The number of hydrogen-bond donors (Lipinski definition) is 1. The minimum atomic E-state index is -0.0972. The maximum atomic E-state index is 12.9. The fourth-order valence-corrected chi connectivity index (χ4v) is 3.20. The van der Waals surface area contributed by atoms with Crippen molar-refractivity contribution in [3.8, 4) is 22.3 Å². The molecule has 3 rings (SSSR count). The monoisotopic (exact) mass is 363 g/mol. The Morgan fingerprint density at radius 3 is 2.56 bits per heavy atom. The van der Waals surface area contributed by atoms with Crippen molar-refractivity contribution in [2.24, 2.45) is 7.05 Å². The molecule has 0 radical (unpaired) electrons. The Morgan fingerprint density at radius 2 is 1.93 bits per heavy atom. The second-order valence-electron chi connectivity index (χ2n) is 6.79. The average molecular weight is 363 g/mol. The zero-order valence-corrected chi connectivity index (χ0v) is 16.2. The molecule has 1 amide bonds. The number of nitrogens with zero attached hydrogens (tertiary/aromatic N) is 2. The van der Waals surface area contributed by atoms with Gasteiger partial charge in [0.1, 0.15) is 0 Å². The number of ether oxygens (including phenoxy) is 1. The molecule has 0 bridgehead atoms. The van der Waals surface area contributed by atoms with Crippen LogP contribution in [-0.2, 0) is 11.8 Å². The molecule has 5 nitrogen and oxygen atoms in total. The van der Waals surface area contributed by atoms with Crippen LogP contribution in [0, 0.1) is 6.92 Å². The molecule has 1 heterocycles. The SMILES string of the molecule is COCC(C)NC(=O)c1cc(-c2ccccc2)cc(-c2cnn(C)c2)c1C. The van der Waals surface area contributed by atoms with Gasteiger partial charge in [0.15, 0.2) is 0 Å². The minimum absolute atomic E-state index is 0.0656. The lowest BCUT2D eigenvalue weighted by atomic mass is 9.92. The first-order valence-electron chi connectivity index (χ1n) is 8.98. The van der Waals surface area contributed by atoms with E-state index in [0.29, 0.717) is 12.2 Å². The summed E-state index contributed by atoms with van der Waals surface area (Å²) < 4.78 is 6.90. The fourth-order valence-electron chi connectivity index (χ4n) is 3.20. The number of methoxy groups -OCH3 is 1. The van der Waals surface area contributed by atoms with Crippen LogP contribution in [0.25, 0.3) is 22.3 Å². The molecule has 0 aliphatic heterocycles. The zero-order valence-electron chi connectivity index (χ0n) is 16.2. The molecule has 3 aromatic rings. The highest BCUT2D eigenvalue weighted by Gasteiger charge is 2.18. The average Bonchev–Trinajstić information content (AvgIpc) is 3.09. The van der Waals surface area contributed by atoms with Gasteiger partial charge >= 0.3 is 0 Å². The van der Waals surface area contributed by atoms with Crippen LogP contribution in [0.1, 0.15) is 22.8 Å². The van der Waals surface area contributed by atoms with Crippen LogP contribution in [0.15, 0.2) is 54.9 Å². The number of hydrogen-bond acceptors (Lipinski definition) is 3. The van der Waals surface area contributed by atoms with E-state index in [1.165, 1.54) is 0 Å². The molecule has 0 saturated heterocycles. The first-order valence-corrected chi connectivity index (χ1v) is 8.98. The van der Waals surface area contributed by atoms with Gasteiger partial charge in [-0.1, -0.05) is 30.3 Å². The third-order valence-corrected chi connectivity index (χ3v) is 4.57. The number of nitrogens with one attached hydrogen (secondary N) is 1. The van der Waals surface area contributed by atoms with Crippen molar-refractivity contribution in [2.75, 3.05) is 13.7 Å². The Hall–Kier alpha value is -2.92. The topological polar surface area (TPSA) is 56.1 Å². The van der Waals surface area contributed by atoms with Crippen LogP contribution in [0.5, 0.6) is 0 Å². The number of aryl methyl sites for hydroxylation is 1. The molecule has 1 unspecified atom stereocenters. The third-order valence-electron chi connectivity index (χ3n) is 4.57. The predicted octanol–water partition coefficient (Wildman–Crippen LogP) is 3.83. The molecule has 2 aromatic carbocycles. The van der Waals surface area contributed by atoms with E-state index in [0.717, 1.165) is 27.8 Å². The van der Waals surface area contributed by atoms with E-state index in [4.69, 9.17) is 4.74 Å². The van der Waals surface area contributed by atoms with Crippen LogP contribution in [0.2, 0.25) is 0 Å². The summed E-state index contributed by atoms with van der Waals surface area (Å²) in [7, 11) is 3.52. The highest BCUT2D eigenvalue weighted by atomic mass is 16.5. The van der Waals surface area contributed by atoms with Gasteiger partial charge in [-0.15, -0.1) is 0 Å². The Kier molecular flexibility index (Phi) is 5.72. The molecule has 0 fully saturated rings. The van der Waals surface area contributed by atoms with E-state index < -0.39 is 0 Å². The standard InChI is InChI=1S/C22H25N3O2/c1-15(14-27-4)24-22(26)21-11-18(17-8-6-5-7-9-17)10-20(16(21)2)19-12-23-25(3)13-19/h5-13,15H,14H2,1-4H3,(H,24,26). The van der Waals surface area contributed by atoms with E-state index in [2.05, 4.69) is 16.5 Å². The molecule has 0 aliphatic carbocycles. The maximum Gasteiger partial charge on any atom is 0.251 e. The Morgan fingerprint density at radius 1 is 1.19 bits per heavy atom. The molecule has 5 heteroatoms. The highest BCUT2D eigenvalue weighted by molar-refractivity contribution is 5.99. The van der Waals surface area contributed by atoms with E-state index >= 15 is 0 Å². The van der Waals surface area contributed by atoms with Gasteiger partial charge in [-0.2, -0.15) is 5.10 Å². The fraction of sp³-hybridized carbons (Fsp3) is 0.273. The molecule has 0 aliphatic rings. The summed E-state index contributed by atoms with van der Waals surface area (Å²) in [5, 5.41) is 7.30. The lowest BCUT2D eigenvalue weighted by Gasteiger charge is -2.17. The van der Waals surface area contributed by atoms with E-state index in [1.807, 2.05) is 69.7 Å². The summed E-state index contributed by atoms with van der Waals surface area (Å²) in [6, 6.07) is 14.1. The molecule has 140 valence electrons. The Bertz CT molecular complexity index is 932. The zero-order chi connectivity index (χ0) is 19.4. The molecule has 1 aromatic heterocycles. The van der Waals surface area contributed by atoms with Crippen molar-refractivity contribution in [1.29, 1.82) is 0 Å². The number of carbonyl (C=O) groups is 1. The van der Waals surface area contributed by atoms with Crippen LogP contribution in [-0.4, -0.2) is 35.4 Å². The van der Waals surface area contributed by atoms with Gasteiger partial charge < -0.3 is 10.1 Å². The quantitative estimate of drug-likeness (QED) is 0.724. The van der Waals surface area contributed by atoms with Crippen LogP contribution < -0.4 is 5.32 Å². The van der Waals surface area contributed by atoms with Gasteiger partial charge in [0.05, 0.1) is 12.8 Å². The molecule has 0 spiro atoms. The summed E-state index contributed by atoms with van der Waals surface area (Å²) in [5.74, 6) is -0.0972. The highest BCUT2D eigenvalue weighted by Crippen LogP contribution is 2.32. The van der Waals surface area contributed by atoms with Gasteiger partial charge in [-0.05, 0) is 48.2 Å². The van der Waals surface area contributed by atoms with Crippen molar-refractivity contribution in [1.82, 2.24) is 15.1 Å². The lowest BCUT2D eigenvalue weighted by Crippen LogP contribution is -2.36. The smallest absolute Gasteiger partial charge is 0.251 e. The Labute approximate surface area is 160 Å². The van der Waals surface area contributed by atoms with E-state index in [9.17, 15) is 4.79 Å². The number of rotatable bonds is 6. The number of benzene rings is 2. The summed E-state index contributed by atoms with van der Waals surface area (Å²) in [6.45, 7) is 4.38. The normalized spacial score (nSPS) is 12.0. The molecule has 1 N–H and O–H groups in total. The molecule has 27 heavy (non-hydrogen) atoms. The summed E-state index contributed by atoms with van der Waals surface area (Å²) in [5.41, 5.74) is 5.68. The van der Waals surface area contributed by atoms with Gasteiger partial charge in [-0.3, -0.25) is 9.48 Å². The molecule has 0 saturated carbocycles. The predicted molar refractivity (Wildman–Crippen MR) is 108 cm³/mol. The second-order valence-corrected chi connectivity index (χ2v) is 6.79. The van der Waals surface area contributed by atoms with Gasteiger partial charge in [0.25, 0.3) is 5.91 Å². The summed E-state index contributed by atoms with van der Waals surface area (Å²) in [4.78, 5) is 12.9. The van der Waals surface area contributed by atoms with Gasteiger partial charge in [0.2, 0.25) is 0 Å². The van der Waals surface area contributed by atoms with Crippen molar-refractivity contribution < 1.29 is 9.53 Å². The minimum Gasteiger partial charge on any atom is -0.383 e. The number of aromatic nitrogens is 2. The van der Waals surface area contributed by atoms with Crippen LogP contribution in [0.3, 0.4) is 0 Å². The molecular weight excluding hydrogens is 338 g/mol. The van der Waals surface area contributed by atoms with Crippen molar-refractivity contribution >= 4 is 5.91 Å². The van der Waals surface area contributed by atoms with Crippen molar-refractivity contribution in [2.45, 2.75) is 19.9 Å². The largest absolute Gasteiger partial charge is 0.383 e. The van der Waals surface area contributed by atoms with Crippen molar-refractivity contribution in [3.05, 3.63) is 66.0 Å². The second kappa shape index (κ2) is 8.18. The van der Waals surface area contributed by atoms with E-state index in [1.54, 1.807) is 11.8 Å². The lowest BCUT2D eigenvalue weighted by molar-refractivity contribution is 0.0905. The van der Waals surface area contributed by atoms with E-state index in [-0.39, 0.29) is 11.9 Å². The first-order chi connectivity index (χ1) is 13.0. The number of carbonyl (C=O) groups excluding carboxylic acids is 1. The number of amides is 1. The summed E-state index contributed by atoms with van der Waals surface area (Å²) in [6.07, 6.45) is 3.79. The third kappa shape index (κ3) is 4.26. The molecule has 1 atom stereocenters. The summed E-state index contributed by atoms with van der Waals surface area (Å²) >= 11 is 0. The maximum absolute atomic E-state index is 12.9. The van der Waals surface area contributed by atoms with Crippen molar-refractivity contribution in [3.63, 3.8) is 0 Å². The molecular formula is C22H25N3O2. The van der Waals surface area contributed by atoms with Gasteiger partial charge in [-0.25, -0.2) is 0 Å². The first kappa shape index (κ1) is 18.9. The Balaban J connectivity index is 2.10. The van der Waals surface area contributed by atoms with Crippen LogP contribution in [0.4, 0.5) is 0 Å².